The fourth-order valence-electron chi connectivity index (χ4n) is 3.37. The summed E-state index contributed by atoms with van der Waals surface area (Å²) < 4.78 is 13.5. The third kappa shape index (κ3) is 5.73. The lowest BCUT2D eigenvalue weighted by molar-refractivity contribution is -0.115. The first kappa shape index (κ1) is 24.1. The van der Waals surface area contributed by atoms with Crippen molar-refractivity contribution in [2.45, 2.75) is 19.1 Å². The van der Waals surface area contributed by atoms with Gasteiger partial charge in [-0.15, -0.1) is 0 Å². The van der Waals surface area contributed by atoms with Crippen molar-refractivity contribution in [3.63, 3.8) is 0 Å². The summed E-state index contributed by atoms with van der Waals surface area (Å²) in [6.45, 7) is 3.16. The zero-order valence-corrected chi connectivity index (χ0v) is 19.9. The fourth-order valence-corrected chi connectivity index (χ4v) is 4.30. The summed E-state index contributed by atoms with van der Waals surface area (Å²) >= 11 is 1.11. The SMILES string of the molecule is CC(=O)c1cccc(NC(=O)C(C)SC2=N/C(=C\c3ccccc3)C(=O)N2c2ccc(F)cc2)c1. The number of thioether (sulfide) groups is 1. The minimum absolute atomic E-state index is 0.102. The number of carbonyl (C=O) groups excluding carboxylic acids is 3. The topological polar surface area (TPSA) is 78.8 Å². The molecule has 1 heterocycles. The number of rotatable bonds is 6. The molecular formula is C27H22FN3O3S. The van der Waals surface area contributed by atoms with Gasteiger partial charge in [0.15, 0.2) is 11.0 Å². The van der Waals surface area contributed by atoms with Crippen molar-refractivity contribution in [1.29, 1.82) is 0 Å². The summed E-state index contributed by atoms with van der Waals surface area (Å²) in [6.07, 6.45) is 1.67. The highest BCUT2D eigenvalue weighted by atomic mass is 32.2. The van der Waals surface area contributed by atoms with Gasteiger partial charge in [-0.2, -0.15) is 0 Å². The van der Waals surface area contributed by atoms with Crippen LogP contribution in [0.4, 0.5) is 15.8 Å². The maximum absolute atomic E-state index is 13.5. The molecule has 8 heteroatoms. The number of Topliss-reactive ketones (excluding diaryl/α,β-unsaturated/α-hetero) is 1. The number of nitrogens with one attached hydrogen (secondary N) is 1. The summed E-state index contributed by atoms with van der Waals surface area (Å²) in [5.74, 6) is -1.21. The third-order valence-corrected chi connectivity index (χ3v) is 6.26. The van der Waals surface area contributed by atoms with Crippen molar-refractivity contribution in [3.8, 4) is 0 Å². The van der Waals surface area contributed by atoms with Gasteiger partial charge in [0.1, 0.15) is 11.5 Å². The Morgan fingerprint density at radius 3 is 2.43 bits per heavy atom. The van der Waals surface area contributed by atoms with Gasteiger partial charge in [-0.1, -0.05) is 54.2 Å². The van der Waals surface area contributed by atoms with E-state index in [9.17, 15) is 18.8 Å². The first-order chi connectivity index (χ1) is 16.8. The Morgan fingerprint density at radius 1 is 1.03 bits per heavy atom. The molecule has 0 radical (unpaired) electrons. The number of amides is 2. The van der Waals surface area contributed by atoms with E-state index in [2.05, 4.69) is 10.3 Å². The highest BCUT2D eigenvalue weighted by Gasteiger charge is 2.34. The van der Waals surface area contributed by atoms with Gasteiger partial charge < -0.3 is 5.32 Å². The number of halogens is 1. The molecule has 4 rings (SSSR count). The predicted molar refractivity (Wildman–Crippen MR) is 138 cm³/mol. The Balaban J connectivity index is 1.59. The molecule has 1 aliphatic heterocycles. The first-order valence-corrected chi connectivity index (χ1v) is 11.7. The highest BCUT2D eigenvalue weighted by molar-refractivity contribution is 8.15. The second-order valence-electron chi connectivity index (χ2n) is 7.84. The molecule has 1 N–H and O–H groups in total. The largest absolute Gasteiger partial charge is 0.325 e. The van der Waals surface area contributed by atoms with Crippen LogP contribution < -0.4 is 10.2 Å². The van der Waals surface area contributed by atoms with Crippen LogP contribution in [0.3, 0.4) is 0 Å². The van der Waals surface area contributed by atoms with E-state index in [-0.39, 0.29) is 23.3 Å². The van der Waals surface area contributed by atoms with Crippen molar-refractivity contribution >= 4 is 52.0 Å². The quantitative estimate of drug-likeness (QED) is 0.366. The number of benzene rings is 3. The van der Waals surface area contributed by atoms with Crippen LogP contribution in [0.1, 0.15) is 29.8 Å². The molecular weight excluding hydrogens is 465 g/mol. The summed E-state index contributed by atoms with van der Waals surface area (Å²) in [7, 11) is 0. The van der Waals surface area contributed by atoms with Crippen LogP contribution in [0.2, 0.25) is 0 Å². The van der Waals surface area contributed by atoms with Gasteiger partial charge in [-0.05, 0) is 61.9 Å². The van der Waals surface area contributed by atoms with Gasteiger partial charge in [-0.25, -0.2) is 9.38 Å². The molecule has 0 aromatic heterocycles. The van der Waals surface area contributed by atoms with Crippen molar-refractivity contribution in [3.05, 3.63) is 102 Å². The average Bonchev–Trinajstić information content (AvgIpc) is 3.14. The Labute approximate surface area is 206 Å². The van der Waals surface area contributed by atoms with Crippen molar-refractivity contribution in [2.75, 3.05) is 10.2 Å². The Morgan fingerprint density at radius 2 is 1.74 bits per heavy atom. The Kier molecular flexibility index (Phi) is 7.22. The predicted octanol–water partition coefficient (Wildman–Crippen LogP) is 5.53. The Bertz CT molecular complexity index is 1340. The van der Waals surface area contributed by atoms with Crippen LogP contribution in [0.25, 0.3) is 6.08 Å². The third-order valence-electron chi connectivity index (χ3n) is 5.21. The molecule has 0 saturated heterocycles. The lowest BCUT2D eigenvalue weighted by atomic mass is 10.1. The molecule has 0 spiro atoms. The van der Waals surface area contributed by atoms with Crippen LogP contribution in [-0.2, 0) is 9.59 Å². The van der Waals surface area contributed by atoms with Crippen molar-refractivity contribution in [1.82, 2.24) is 0 Å². The molecule has 0 aliphatic carbocycles. The fraction of sp³-hybridized carbons (Fsp3) is 0.111. The van der Waals surface area contributed by atoms with Gasteiger partial charge in [0.05, 0.1) is 10.9 Å². The lowest BCUT2D eigenvalue weighted by Gasteiger charge is -2.20. The van der Waals surface area contributed by atoms with Crippen LogP contribution >= 0.6 is 11.8 Å². The average molecular weight is 488 g/mol. The normalized spacial score (nSPS) is 15.2. The van der Waals surface area contributed by atoms with Gasteiger partial charge in [0.2, 0.25) is 5.91 Å². The van der Waals surface area contributed by atoms with Crippen LogP contribution in [0, 0.1) is 5.82 Å². The van der Waals surface area contributed by atoms with Crippen molar-refractivity contribution in [2.24, 2.45) is 4.99 Å². The van der Waals surface area contributed by atoms with Crippen LogP contribution in [0.5, 0.6) is 0 Å². The van der Waals surface area contributed by atoms with Gasteiger partial charge in [0, 0.05) is 11.3 Å². The van der Waals surface area contributed by atoms with Gasteiger partial charge in [-0.3, -0.25) is 19.3 Å². The number of hydrogen-bond acceptors (Lipinski definition) is 5. The molecule has 1 aliphatic rings. The molecule has 0 bridgehead atoms. The Hall–Kier alpha value is -4.04. The number of carbonyl (C=O) groups is 3. The summed E-state index contributed by atoms with van der Waals surface area (Å²) in [6, 6.07) is 21.5. The maximum Gasteiger partial charge on any atom is 0.283 e. The molecule has 3 aromatic rings. The van der Waals surface area contributed by atoms with E-state index in [1.54, 1.807) is 37.3 Å². The minimum atomic E-state index is -0.624. The molecule has 0 saturated carbocycles. The smallest absolute Gasteiger partial charge is 0.283 e. The van der Waals surface area contributed by atoms with E-state index >= 15 is 0 Å². The molecule has 1 atom stereocenters. The van der Waals surface area contributed by atoms with E-state index in [0.717, 1.165) is 17.3 Å². The zero-order valence-electron chi connectivity index (χ0n) is 19.1. The monoisotopic (exact) mass is 487 g/mol. The van der Waals surface area contributed by atoms with E-state index in [1.165, 1.54) is 36.1 Å². The highest BCUT2D eigenvalue weighted by Crippen LogP contribution is 2.31. The molecule has 1 unspecified atom stereocenters. The lowest BCUT2D eigenvalue weighted by Crippen LogP contribution is -2.33. The van der Waals surface area contributed by atoms with E-state index < -0.39 is 11.1 Å². The number of hydrogen-bond donors (Lipinski definition) is 1. The maximum atomic E-state index is 13.5. The van der Waals surface area contributed by atoms with Crippen LogP contribution in [0.15, 0.2) is 89.6 Å². The molecule has 6 nitrogen and oxygen atoms in total. The molecule has 2 amide bonds. The van der Waals surface area contributed by atoms with Crippen molar-refractivity contribution < 1.29 is 18.8 Å². The molecule has 0 fully saturated rings. The molecule has 176 valence electrons. The first-order valence-electron chi connectivity index (χ1n) is 10.9. The summed E-state index contributed by atoms with van der Waals surface area (Å²) in [5.41, 5.74) is 2.46. The number of ketones is 1. The number of nitrogens with zero attached hydrogens (tertiary/aromatic N) is 2. The van der Waals surface area contributed by atoms with Crippen LogP contribution in [-0.4, -0.2) is 28.0 Å². The number of anilines is 2. The van der Waals surface area contributed by atoms with E-state index in [0.29, 0.717) is 22.1 Å². The molecule has 3 aromatic carbocycles. The number of aliphatic imine (C=N–C) groups is 1. The minimum Gasteiger partial charge on any atom is -0.325 e. The van der Waals surface area contributed by atoms with E-state index in [1.807, 2.05) is 30.3 Å². The van der Waals surface area contributed by atoms with Gasteiger partial charge in [0.25, 0.3) is 5.91 Å². The second kappa shape index (κ2) is 10.5. The van der Waals surface area contributed by atoms with E-state index in [4.69, 9.17) is 0 Å². The zero-order chi connectivity index (χ0) is 24.9. The molecule has 35 heavy (non-hydrogen) atoms. The summed E-state index contributed by atoms with van der Waals surface area (Å²) in [4.78, 5) is 43.7. The van der Waals surface area contributed by atoms with Gasteiger partial charge >= 0.3 is 0 Å². The summed E-state index contributed by atoms with van der Waals surface area (Å²) in [5, 5.41) is 2.49. The standard InChI is InChI=1S/C27H22FN3O3S/c1-17(32)20-9-6-10-22(16-20)29-25(33)18(2)35-27-30-24(15-19-7-4-3-5-8-19)26(34)31(27)23-13-11-21(28)12-14-23/h3-16,18H,1-2H3,(H,29,33)/b24-15-. The number of amidine groups is 1. The second-order valence-corrected chi connectivity index (χ2v) is 9.15.